The van der Waals surface area contributed by atoms with E-state index in [0.29, 0.717) is 11.5 Å². The van der Waals surface area contributed by atoms with Crippen molar-refractivity contribution in [3.8, 4) is 5.75 Å². The van der Waals surface area contributed by atoms with Gasteiger partial charge in [-0.1, -0.05) is 24.3 Å². The molecule has 0 saturated heterocycles. The van der Waals surface area contributed by atoms with Crippen LogP contribution in [0.5, 0.6) is 5.75 Å². The van der Waals surface area contributed by atoms with Crippen molar-refractivity contribution in [1.29, 1.82) is 0 Å². The first-order valence-corrected chi connectivity index (χ1v) is 5.93. The first-order valence-electron chi connectivity index (χ1n) is 5.93. The van der Waals surface area contributed by atoms with Crippen LogP contribution in [0.4, 0.5) is 17.2 Å². The number of hydrogen-bond donors (Lipinski definition) is 3. The number of rotatable bonds is 2. The number of fused-ring (bicyclic) bond motifs is 1. The second-order valence-electron chi connectivity index (χ2n) is 4.28. The van der Waals surface area contributed by atoms with Crippen LogP contribution in [0, 0.1) is 0 Å². The molecule has 4 heteroatoms. The van der Waals surface area contributed by atoms with Crippen LogP contribution in [-0.2, 0) is 0 Å². The monoisotopic (exact) mass is 251 g/mol. The summed E-state index contributed by atoms with van der Waals surface area (Å²) in [6.07, 6.45) is 1.60. The quantitative estimate of drug-likeness (QED) is 0.653. The highest BCUT2D eigenvalue weighted by atomic mass is 16.3. The second-order valence-corrected chi connectivity index (χ2v) is 4.28. The standard InChI is InChI=1S/C15H13N3O/c16-10-7-8-15(17-9-10)18-13-5-1-4-12-11(13)3-2-6-14(12)19/h1-9,19H,16H2,(H,17,18). The van der Waals surface area contributed by atoms with Crippen LogP contribution < -0.4 is 11.1 Å². The van der Waals surface area contributed by atoms with Gasteiger partial charge in [-0.15, -0.1) is 0 Å². The predicted molar refractivity (Wildman–Crippen MR) is 77.5 cm³/mol. The maximum Gasteiger partial charge on any atom is 0.130 e. The zero-order valence-corrected chi connectivity index (χ0v) is 10.2. The van der Waals surface area contributed by atoms with Crippen molar-refractivity contribution < 1.29 is 5.11 Å². The summed E-state index contributed by atoms with van der Waals surface area (Å²) in [5.41, 5.74) is 7.13. The van der Waals surface area contributed by atoms with Crippen LogP contribution >= 0.6 is 0 Å². The van der Waals surface area contributed by atoms with Crippen molar-refractivity contribution in [2.24, 2.45) is 0 Å². The molecule has 4 N–H and O–H groups in total. The van der Waals surface area contributed by atoms with Gasteiger partial charge in [-0.05, 0) is 24.3 Å². The van der Waals surface area contributed by atoms with Crippen LogP contribution in [0.15, 0.2) is 54.7 Å². The first kappa shape index (κ1) is 11.3. The lowest BCUT2D eigenvalue weighted by molar-refractivity contribution is 0.481. The SMILES string of the molecule is Nc1ccc(Nc2cccc3c(O)cccc23)nc1. The lowest BCUT2D eigenvalue weighted by Gasteiger charge is -2.10. The lowest BCUT2D eigenvalue weighted by Crippen LogP contribution is -1.95. The molecule has 0 saturated carbocycles. The number of benzene rings is 2. The number of aromatic nitrogens is 1. The van der Waals surface area contributed by atoms with Gasteiger partial charge in [0.1, 0.15) is 11.6 Å². The summed E-state index contributed by atoms with van der Waals surface area (Å²) in [6, 6.07) is 14.8. The maximum atomic E-state index is 9.84. The van der Waals surface area contributed by atoms with E-state index in [4.69, 9.17) is 5.73 Å². The molecule has 19 heavy (non-hydrogen) atoms. The van der Waals surface area contributed by atoms with Gasteiger partial charge >= 0.3 is 0 Å². The molecule has 94 valence electrons. The summed E-state index contributed by atoms with van der Waals surface area (Å²) in [6.45, 7) is 0. The highest BCUT2D eigenvalue weighted by Crippen LogP contribution is 2.31. The molecular formula is C15H13N3O. The largest absolute Gasteiger partial charge is 0.507 e. The van der Waals surface area contributed by atoms with Gasteiger partial charge in [-0.2, -0.15) is 0 Å². The van der Waals surface area contributed by atoms with E-state index in [1.165, 1.54) is 0 Å². The van der Waals surface area contributed by atoms with Crippen molar-refractivity contribution in [3.63, 3.8) is 0 Å². The van der Waals surface area contributed by atoms with Crippen molar-refractivity contribution in [2.45, 2.75) is 0 Å². The van der Waals surface area contributed by atoms with Gasteiger partial charge in [0.05, 0.1) is 11.9 Å². The Hall–Kier alpha value is -2.75. The molecule has 1 heterocycles. The Kier molecular flexibility index (Phi) is 2.68. The van der Waals surface area contributed by atoms with Gasteiger partial charge < -0.3 is 16.2 Å². The summed E-state index contributed by atoms with van der Waals surface area (Å²) < 4.78 is 0. The number of anilines is 3. The molecule has 0 aliphatic carbocycles. The van der Waals surface area contributed by atoms with E-state index < -0.39 is 0 Å². The molecule has 0 fully saturated rings. The summed E-state index contributed by atoms with van der Waals surface area (Å²) >= 11 is 0. The van der Waals surface area contributed by atoms with Gasteiger partial charge in [0.2, 0.25) is 0 Å². The fraction of sp³-hybridized carbons (Fsp3) is 0. The van der Waals surface area contributed by atoms with Gasteiger partial charge in [-0.3, -0.25) is 0 Å². The molecule has 3 aromatic rings. The summed E-state index contributed by atoms with van der Waals surface area (Å²) in [4.78, 5) is 4.20. The van der Waals surface area contributed by atoms with Crippen molar-refractivity contribution in [2.75, 3.05) is 11.1 Å². The Labute approximate surface area is 110 Å². The van der Waals surface area contributed by atoms with E-state index in [-0.39, 0.29) is 5.75 Å². The third-order valence-corrected chi connectivity index (χ3v) is 2.95. The van der Waals surface area contributed by atoms with Crippen molar-refractivity contribution in [3.05, 3.63) is 54.7 Å². The Morgan fingerprint density at radius 1 is 0.947 bits per heavy atom. The van der Waals surface area contributed by atoms with Gasteiger partial charge in [-0.25, -0.2) is 4.98 Å². The van der Waals surface area contributed by atoms with E-state index in [0.717, 1.165) is 16.5 Å². The number of phenols is 1. The molecule has 0 atom stereocenters. The van der Waals surface area contributed by atoms with E-state index in [1.807, 2.05) is 36.4 Å². The van der Waals surface area contributed by atoms with Crippen LogP contribution in [0.2, 0.25) is 0 Å². The fourth-order valence-corrected chi connectivity index (χ4v) is 2.02. The minimum absolute atomic E-state index is 0.270. The minimum atomic E-state index is 0.270. The van der Waals surface area contributed by atoms with E-state index in [9.17, 15) is 5.11 Å². The van der Waals surface area contributed by atoms with Crippen LogP contribution in [0.1, 0.15) is 0 Å². The molecule has 4 nitrogen and oxygen atoms in total. The Balaban J connectivity index is 2.06. The van der Waals surface area contributed by atoms with E-state index >= 15 is 0 Å². The highest BCUT2D eigenvalue weighted by molar-refractivity contribution is 5.98. The second kappa shape index (κ2) is 4.49. The van der Waals surface area contributed by atoms with Gasteiger partial charge in [0, 0.05) is 16.5 Å². The van der Waals surface area contributed by atoms with Crippen molar-refractivity contribution in [1.82, 2.24) is 4.98 Å². The van der Waals surface area contributed by atoms with Crippen LogP contribution in [0.25, 0.3) is 10.8 Å². The van der Waals surface area contributed by atoms with E-state index in [1.54, 1.807) is 18.3 Å². The molecule has 0 bridgehead atoms. The summed E-state index contributed by atoms with van der Waals surface area (Å²) in [5.74, 6) is 0.983. The Morgan fingerprint density at radius 3 is 2.53 bits per heavy atom. The molecule has 2 aromatic carbocycles. The van der Waals surface area contributed by atoms with E-state index in [2.05, 4.69) is 10.3 Å². The minimum Gasteiger partial charge on any atom is -0.507 e. The molecule has 0 spiro atoms. The molecule has 0 radical (unpaired) electrons. The molecule has 0 unspecified atom stereocenters. The molecule has 0 amide bonds. The third-order valence-electron chi connectivity index (χ3n) is 2.95. The summed E-state index contributed by atoms with van der Waals surface area (Å²) in [5, 5.41) is 14.8. The first-order chi connectivity index (χ1) is 9.24. The fourth-order valence-electron chi connectivity index (χ4n) is 2.02. The number of nitrogens with two attached hydrogens (primary N) is 1. The number of nitrogens with zero attached hydrogens (tertiary/aromatic N) is 1. The highest BCUT2D eigenvalue weighted by Gasteiger charge is 2.04. The average molecular weight is 251 g/mol. The Morgan fingerprint density at radius 2 is 1.74 bits per heavy atom. The number of phenolic OH excluding ortho intramolecular Hbond substituents is 1. The Bertz CT molecular complexity index is 723. The molecule has 0 aliphatic heterocycles. The number of pyridine rings is 1. The molecule has 3 rings (SSSR count). The molecule has 1 aromatic heterocycles. The summed E-state index contributed by atoms with van der Waals surface area (Å²) in [7, 11) is 0. The van der Waals surface area contributed by atoms with Crippen LogP contribution in [-0.4, -0.2) is 10.1 Å². The number of aromatic hydroxyl groups is 1. The normalized spacial score (nSPS) is 10.5. The van der Waals surface area contributed by atoms with Crippen molar-refractivity contribution >= 4 is 28.0 Å². The molecular weight excluding hydrogens is 238 g/mol. The smallest absolute Gasteiger partial charge is 0.130 e. The predicted octanol–water partition coefficient (Wildman–Crippen LogP) is 3.27. The maximum absolute atomic E-state index is 9.84. The number of nitrogens with one attached hydrogen (secondary N) is 1. The number of hydrogen-bond acceptors (Lipinski definition) is 4. The van der Waals surface area contributed by atoms with Gasteiger partial charge in [0.25, 0.3) is 0 Å². The lowest BCUT2D eigenvalue weighted by atomic mass is 10.1. The topological polar surface area (TPSA) is 71.2 Å². The zero-order chi connectivity index (χ0) is 13.2. The van der Waals surface area contributed by atoms with Gasteiger partial charge in [0.15, 0.2) is 0 Å². The average Bonchev–Trinajstić information content (AvgIpc) is 2.43. The third kappa shape index (κ3) is 2.15. The molecule has 0 aliphatic rings. The number of nitrogen functional groups attached to an aromatic ring is 1. The zero-order valence-electron chi connectivity index (χ0n) is 10.2. The van der Waals surface area contributed by atoms with Crippen LogP contribution in [0.3, 0.4) is 0 Å².